The minimum absolute atomic E-state index is 0.0437. The molecule has 3 aromatic heterocycles. The van der Waals surface area contributed by atoms with Gasteiger partial charge in [-0.25, -0.2) is 18.9 Å². The van der Waals surface area contributed by atoms with E-state index >= 15 is 0 Å². The van der Waals surface area contributed by atoms with Crippen molar-refractivity contribution in [3.05, 3.63) is 65.9 Å². The van der Waals surface area contributed by atoms with E-state index in [1.165, 1.54) is 24.3 Å². The van der Waals surface area contributed by atoms with E-state index in [4.69, 9.17) is 0 Å². The molecular weight excluding hydrogens is 359 g/mol. The molecule has 1 aromatic carbocycles. The van der Waals surface area contributed by atoms with Crippen LogP contribution in [0, 0.1) is 12.7 Å². The van der Waals surface area contributed by atoms with Crippen LogP contribution in [0.4, 0.5) is 4.39 Å². The number of rotatable bonds is 4. The van der Waals surface area contributed by atoms with Gasteiger partial charge in [0, 0.05) is 41.0 Å². The quantitative estimate of drug-likeness (QED) is 0.573. The zero-order valence-corrected chi connectivity index (χ0v) is 15.3. The Hall–Kier alpha value is -3.61. The van der Waals surface area contributed by atoms with Crippen LogP contribution in [0.15, 0.2) is 48.9 Å². The maximum atomic E-state index is 13.4. The average Bonchev–Trinajstić information content (AvgIpc) is 3.09. The number of aromatic nitrogens is 4. The summed E-state index contributed by atoms with van der Waals surface area (Å²) in [6, 6.07) is 7.52. The number of benzene rings is 1. The molecule has 6 nitrogen and oxygen atoms in total. The molecule has 0 bridgehead atoms. The number of hydrogen-bond donors (Lipinski definition) is 1. The largest absolute Gasteiger partial charge is 0.478 e. The van der Waals surface area contributed by atoms with Crippen molar-refractivity contribution in [3.8, 4) is 22.4 Å². The Morgan fingerprint density at radius 2 is 1.89 bits per heavy atom. The van der Waals surface area contributed by atoms with Crippen LogP contribution in [0.1, 0.15) is 22.8 Å². The number of aromatic carboxylic acids is 1. The number of aryl methyl sites for hydroxylation is 2. The zero-order valence-electron chi connectivity index (χ0n) is 15.3. The maximum absolute atomic E-state index is 13.4. The third-order valence-electron chi connectivity index (χ3n) is 4.58. The van der Waals surface area contributed by atoms with Gasteiger partial charge in [-0.15, -0.1) is 0 Å². The number of carboxylic acids is 1. The first-order valence-electron chi connectivity index (χ1n) is 8.80. The fourth-order valence-corrected chi connectivity index (χ4v) is 3.34. The molecule has 0 fully saturated rings. The van der Waals surface area contributed by atoms with Crippen molar-refractivity contribution in [1.29, 1.82) is 0 Å². The Morgan fingerprint density at radius 1 is 1.14 bits per heavy atom. The van der Waals surface area contributed by atoms with Gasteiger partial charge in [-0.1, -0.05) is 0 Å². The number of carbonyl (C=O) groups is 1. The molecule has 4 rings (SSSR count). The van der Waals surface area contributed by atoms with Crippen LogP contribution in [0.5, 0.6) is 0 Å². The van der Waals surface area contributed by atoms with Gasteiger partial charge in [-0.2, -0.15) is 5.10 Å². The molecule has 0 aliphatic carbocycles. The minimum Gasteiger partial charge on any atom is -0.478 e. The lowest BCUT2D eigenvalue weighted by molar-refractivity contribution is 0.0698. The van der Waals surface area contributed by atoms with Gasteiger partial charge < -0.3 is 5.11 Å². The van der Waals surface area contributed by atoms with E-state index in [2.05, 4.69) is 15.1 Å². The second kappa shape index (κ2) is 6.84. The predicted molar refractivity (Wildman–Crippen MR) is 104 cm³/mol. The summed E-state index contributed by atoms with van der Waals surface area (Å²) in [4.78, 5) is 21.1. The van der Waals surface area contributed by atoms with Gasteiger partial charge in [0.1, 0.15) is 5.82 Å². The molecular formula is C21H17FN4O2. The normalized spacial score (nSPS) is 11.1. The fraction of sp³-hybridized carbons (Fsp3) is 0.143. The highest BCUT2D eigenvalue weighted by Crippen LogP contribution is 2.37. The van der Waals surface area contributed by atoms with Gasteiger partial charge in [0.15, 0.2) is 5.65 Å². The molecule has 0 aliphatic rings. The van der Waals surface area contributed by atoms with Crippen molar-refractivity contribution in [3.63, 3.8) is 0 Å². The summed E-state index contributed by atoms with van der Waals surface area (Å²) < 4.78 is 15.1. The molecule has 0 aliphatic heterocycles. The molecule has 1 N–H and O–H groups in total. The van der Waals surface area contributed by atoms with Gasteiger partial charge >= 0.3 is 5.97 Å². The molecule has 7 heteroatoms. The molecule has 0 amide bonds. The maximum Gasteiger partial charge on any atom is 0.338 e. The molecule has 140 valence electrons. The highest BCUT2D eigenvalue weighted by Gasteiger charge is 2.25. The Balaban J connectivity index is 2.16. The van der Waals surface area contributed by atoms with E-state index in [9.17, 15) is 14.3 Å². The van der Waals surface area contributed by atoms with Crippen LogP contribution >= 0.6 is 0 Å². The summed E-state index contributed by atoms with van der Waals surface area (Å²) in [5.74, 6) is -1.52. The van der Waals surface area contributed by atoms with Crippen LogP contribution in [0.2, 0.25) is 0 Å². The van der Waals surface area contributed by atoms with Crippen molar-refractivity contribution >= 4 is 17.0 Å². The molecule has 0 unspecified atom stereocenters. The first-order valence-corrected chi connectivity index (χ1v) is 8.80. The van der Waals surface area contributed by atoms with E-state index in [1.807, 2.05) is 19.9 Å². The van der Waals surface area contributed by atoms with Gasteiger partial charge in [0.2, 0.25) is 0 Å². The number of carboxylic acid groups (broad SMARTS) is 1. The van der Waals surface area contributed by atoms with Crippen molar-refractivity contribution in [1.82, 2.24) is 19.7 Å². The Labute approximate surface area is 160 Å². The topological polar surface area (TPSA) is 80.9 Å². The second-order valence-corrected chi connectivity index (χ2v) is 6.47. The van der Waals surface area contributed by atoms with Gasteiger partial charge in [-0.05, 0) is 49.7 Å². The van der Waals surface area contributed by atoms with Crippen LogP contribution in [-0.2, 0) is 6.54 Å². The van der Waals surface area contributed by atoms with E-state index in [0.717, 1.165) is 5.56 Å². The molecule has 28 heavy (non-hydrogen) atoms. The molecule has 3 heterocycles. The SMILES string of the molecule is CCn1ncc2c(-c3cncc(C)c3)c(C(=O)O)c(-c3ccc(F)cc3)nc21. The average molecular weight is 376 g/mol. The van der Waals surface area contributed by atoms with E-state index in [-0.39, 0.29) is 11.3 Å². The fourth-order valence-electron chi connectivity index (χ4n) is 3.34. The number of pyridine rings is 2. The number of hydrogen-bond acceptors (Lipinski definition) is 4. The monoisotopic (exact) mass is 376 g/mol. The van der Waals surface area contributed by atoms with Crippen molar-refractivity contribution in [2.24, 2.45) is 0 Å². The third-order valence-corrected chi connectivity index (χ3v) is 4.58. The Kier molecular flexibility index (Phi) is 4.35. The van der Waals surface area contributed by atoms with Crippen LogP contribution in [0.3, 0.4) is 0 Å². The second-order valence-electron chi connectivity index (χ2n) is 6.47. The molecule has 4 aromatic rings. The third kappa shape index (κ3) is 2.90. The summed E-state index contributed by atoms with van der Waals surface area (Å²) in [6.45, 7) is 4.41. The predicted octanol–water partition coefficient (Wildman–Crippen LogP) is 4.33. The number of nitrogens with zero attached hydrogens (tertiary/aromatic N) is 4. The van der Waals surface area contributed by atoms with Crippen molar-refractivity contribution in [2.75, 3.05) is 0 Å². The van der Waals surface area contributed by atoms with Crippen LogP contribution in [0.25, 0.3) is 33.4 Å². The minimum atomic E-state index is -1.12. The van der Waals surface area contributed by atoms with Crippen molar-refractivity contribution < 1.29 is 14.3 Å². The summed E-state index contributed by atoms with van der Waals surface area (Å²) in [6.07, 6.45) is 4.97. The molecule has 0 radical (unpaired) electrons. The standard InChI is InChI=1S/C21H17FN4O2/c1-3-26-20-16(11-24-26)17(14-8-12(2)9-23-10-14)18(21(27)28)19(25-20)13-4-6-15(22)7-5-13/h4-11H,3H2,1-2H3,(H,27,28). The summed E-state index contributed by atoms with van der Waals surface area (Å²) in [5, 5.41) is 15.0. The van der Waals surface area contributed by atoms with Gasteiger partial charge in [0.25, 0.3) is 0 Å². The summed E-state index contributed by atoms with van der Waals surface area (Å²) >= 11 is 0. The summed E-state index contributed by atoms with van der Waals surface area (Å²) in [5.41, 5.74) is 3.49. The van der Waals surface area contributed by atoms with Crippen molar-refractivity contribution in [2.45, 2.75) is 20.4 Å². The summed E-state index contributed by atoms with van der Waals surface area (Å²) in [7, 11) is 0. The first-order chi connectivity index (χ1) is 13.5. The van der Waals surface area contributed by atoms with Gasteiger partial charge in [0.05, 0.1) is 17.5 Å². The Bertz CT molecular complexity index is 1200. The first kappa shape index (κ1) is 17.8. The highest BCUT2D eigenvalue weighted by molar-refractivity contribution is 6.10. The van der Waals surface area contributed by atoms with E-state index in [0.29, 0.717) is 34.3 Å². The molecule has 0 saturated heterocycles. The molecule has 0 atom stereocenters. The number of halogens is 1. The Morgan fingerprint density at radius 3 is 2.54 bits per heavy atom. The molecule has 0 saturated carbocycles. The van der Waals surface area contributed by atoms with Gasteiger partial charge in [-0.3, -0.25) is 4.98 Å². The zero-order chi connectivity index (χ0) is 19.8. The number of fused-ring (bicyclic) bond motifs is 1. The van der Waals surface area contributed by atoms with E-state index < -0.39 is 11.8 Å². The van der Waals surface area contributed by atoms with Crippen LogP contribution in [-0.4, -0.2) is 30.8 Å². The van der Waals surface area contributed by atoms with E-state index in [1.54, 1.807) is 23.3 Å². The smallest absolute Gasteiger partial charge is 0.338 e. The van der Waals surface area contributed by atoms with Crippen LogP contribution < -0.4 is 0 Å². The lowest BCUT2D eigenvalue weighted by Gasteiger charge is -2.14. The molecule has 0 spiro atoms. The highest BCUT2D eigenvalue weighted by atomic mass is 19.1. The lowest BCUT2D eigenvalue weighted by atomic mass is 9.94. The lowest BCUT2D eigenvalue weighted by Crippen LogP contribution is -2.07.